The Balaban J connectivity index is 1.62. The zero-order chi connectivity index (χ0) is 22.4. The van der Waals surface area contributed by atoms with Crippen molar-refractivity contribution in [1.29, 1.82) is 0 Å². The van der Waals surface area contributed by atoms with Gasteiger partial charge in [-0.15, -0.1) is 0 Å². The van der Waals surface area contributed by atoms with Crippen LogP contribution in [0.4, 0.5) is 11.4 Å². The molecule has 0 bridgehead atoms. The largest absolute Gasteiger partial charge is 0.497 e. The minimum Gasteiger partial charge on any atom is -0.497 e. The number of hydrogen-bond acceptors (Lipinski definition) is 5. The number of morpholine rings is 1. The Morgan fingerprint density at radius 3 is 2.23 bits per heavy atom. The molecule has 1 aliphatic heterocycles. The predicted molar refractivity (Wildman–Crippen MR) is 121 cm³/mol. The molecule has 0 radical (unpaired) electrons. The second kappa shape index (κ2) is 10.3. The average molecular weight is 426 g/mol. The number of carbonyl (C=O) groups excluding carboxylic acids is 2. The fourth-order valence-electron chi connectivity index (χ4n) is 3.88. The van der Waals surface area contributed by atoms with Crippen molar-refractivity contribution >= 4 is 23.2 Å². The zero-order valence-electron chi connectivity index (χ0n) is 18.6. The lowest BCUT2D eigenvalue weighted by Gasteiger charge is -2.36. The number of amides is 2. The summed E-state index contributed by atoms with van der Waals surface area (Å²) in [5.74, 6) is 0.363. The molecule has 166 valence electrons. The van der Waals surface area contributed by atoms with E-state index in [1.165, 1.54) is 6.92 Å². The maximum Gasteiger partial charge on any atom is 0.226 e. The summed E-state index contributed by atoms with van der Waals surface area (Å²) in [5.41, 5.74) is 2.67. The molecule has 2 aromatic carbocycles. The van der Waals surface area contributed by atoms with E-state index in [2.05, 4.69) is 29.4 Å². The highest BCUT2D eigenvalue weighted by atomic mass is 16.5. The molecule has 31 heavy (non-hydrogen) atoms. The Hall–Kier alpha value is -3.06. The van der Waals surface area contributed by atoms with Gasteiger partial charge in [0, 0.05) is 31.4 Å². The van der Waals surface area contributed by atoms with Crippen LogP contribution in [0.1, 0.15) is 38.8 Å². The van der Waals surface area contributed by atoms with Gasteiger partial charge in [-0.05, 0) is 55.8 Å². The van der Waals surface area contributed by atoms with E-state index in [0.29, 0.717) is 0 Å². The summed E-state index contributed by atoms with van der Waals surface area (Å²) in [4.78, 5) is 26.6. The molecule has 2 N–H and O–H groups in total. The molecule has 3 rings (SSSR count). The first-order chi connectivity index (χ1) is 14.8. The van der Waals surface area contributed by atoms with E-state index in [-0.39, 0.29) is 30.4 Å². The second-order valence-corrected chi connectivity index (χ2v) is 7.99. The number of nitrogens with zero attached hydrogens (tertiary/aromatic N) is 1. The van der Waals surface area contributed by atoms with Crippen molar-refractivity contribution in [3.63, 3.8) is 0 Å². The number of ether oxygens (including phenoxy) is 2. The Morgan fingerprint density at radius 1 is 1.06 bits per heavy atom. The zero-order valence-corrected chi connectivity index (χ0v) is 18.6. The lowest BCUT2D eigenvalue weighted by atomic mass is 10.0. The summed E-state index contributed by atoms with van der Waals surface area (Å²) in [6.07, 6.45) is 0.505. The van der Waals surface area contributed by atoms with Crippen molar-refractivity contribution in [3.8, 4) is 5.75 Å². The van der Waals surface area contributed by atoms with E-state index in [1.807, 2.05) is 48.5 Å². The molecule has 1 fully saturated rings. The Kier molecular flexibility index (Phi) is 7.52. The van der Waals surface area contributed by atoms with Crippen LogP contribution in [0.5, 0.6) is 5.75 Å². The first-order valence-electron chi connectivity index (χ1n) is 10.6. The molecular weight excluding hydrogens is 394 g/mol. The molecule has 1 aliphatic rings. The number of rotatable bonds is 7. The fraction of sp³-hybridized carbons (Fsp3) is 0.417. The van der Waals surface area contributed by atoms with Gasteiger partial charge in [0.1, 0.15) is 5.75 Å². The summed E-state index contributed by atoms with van der Waals surface area (Å²) in [6, 6.07) is 14.7. The molecule has 0 aliphatic carbocycles. The van der Waals surface area contributed by atoms with Crippen LogP contribution in [0.2, 0.25) is 0 Å². The van der Waals surface area contributed by atoms with E-state index in [4.69, 9.17) is 9.47 Å². The Labute approximate surface area is 183 Å². The number of benzene rings is 2. The maximum atomic E-state index is 12.7. The average Bonchev–Trinajstić information content (AvgIpc) is 2.73. The number of hydrogen-bond donors (Lipinski definition) is 2. The Morgan fingerprint density at radius 2 is 1.68 bits per heavy atom. The van der Waals surface area contributed by atoms with Crippen molar-refractivity contribution in [3.05, 3.63) is 54.1 Å². The number of carbonyl (C=O) groups is 2. The van der Waals surface area contributed by atoms with Crippen molar-refractivity contribution in [2.24, 2.45) is 0 Å². The number of anilines is 2. The van der Waals surface area contributed by atoms with Gasteiger partial charge in [-0.25, -0.2) is 0 Å². The maximum absolute atomic E-state index is 12.7. The first kappa shape index (κ1) is 22.6. The van der Waals surface area contributed by atoms with E-state index in [0.717, 1.165) is 35.8 Å². The highest BCUT2D eigenvalue weighted by Gasteiger charge is 2.22. The summed E-state index contributed by atoms with van der Waals surface area (Å²) in [7, 11) is 1.60. The summed E-state index contributed by atoms with van der Waals surface area (Å²) in [6.45, 7) is 7.28. The first-order valence-corrected chi connectivity index (χ1v) is 10.6. The highest BCUT2D eigenvalue weighted by Crippen LogP contribution is 2.24. The minimum absolute atomic E-state index is 0.131. The molecule has 3 atom stereocenters. The molecule has 7 heteroatoms. The third kappa shape index (κ3) is 6.46. The monoisotopic (exact) mass is 425 g/mol. The smallest absolute Gasteiger partial charge is 0.226 e. The summed E-state index contributed by atoms with van der Waals surface area (Å²) in [5, 5.41) is 5.78. The van der Waals surface area contributed by atoms with Crippen molar-refractivity contribution < 1.29 is 19.1 Å². The molecule has 0 spiro atoms. The van der Waals surface area contributed by atoms with Gasteiger partial charge in [0.25, 0.3) is 0 Å². The second-order valence-electron chi connectivity index (χ2n) is 7.99. The molecule has 1 saturated heterocycles. The molecular formula is C24H31N3O4. The minimum atomic E-state index is -0.418. The van der Waals surface area contributed by atoms with E-state index >= 15 is 0 Å². The normalized spacial score (nSPS) is 19.4. The van der Waals surface area contributed by atoms with Crippen molar-refractivity contribution in [1.82, 2.24) is 5.32 Å². The fourth-order valence-corrected chi connectivity index (χ4v) is 3.88. The van der Waals surface area contributed by atoms with E-state index in [9.17, 15) is 9.59 Å². The van der Waals surface area contributed by atoms with Gasteiger partial charge in [0.2, 0.25) is 11.8 Å². The van der Waals surface area contributed by atoms with E-state index < -0.39 is 6.04 Å². The van der Waals surface area contributed by atoms with Crippen LogP contribution in [0.25, 0.3) is 0 Å². The van der Waals surface area contributed by atoms with Crippen molar-refractivity contribution in [2.75, 3.05) is 30.4 Å². The highest BCUT2D eigenvalue weighted by molar-refractivity contribution is 5.91. The van der Waals surface area contributed by atoms with Crippen LogP contribution < -0.4 is 20.3 Å². The van der Waals surface area contributed by atoms with E-state index in [1.54, 1.807) is 7.11 Å². The van der Waals surface area contributed by atoms with Gasteiger partial charge in [-0.3, -0.25) is 9.59 Å². The van der Waals surface area contributed by atoms with Gasteiger partial charge in [0.15, 0.2) is 0 Å². The van der Waals surface area contributed by atoms with Gasteiger partial charge < -0.3 is 25.0 Å². The van der Waals surface area contributed by atoms with Gasteiger partial charge >= 0.3 is 0 Å². The molecule has 0 aromatic heterocycles. The van der Waals surface area contributed by atoms with Crippen LogP contribution in [0.3, 0.4) is 0 Å². The number of methoxy groups -OCH3 is 1. The third-order valence-corrected chi connectivity index (χ3v) is 5.22. The van der Waals surface area contributed by atoms with Gasteiger partial charge in [-0.2, -0.15) is 0 Å². The number of nitrogens with one attached hydrogen (secondary N) is 2. The SMILES string of the molecule is COc1ccc(C(CC(=O)Nc2ccc(N3CC(C)OC(C)C3)cc2)NC(C)=O)cc1. The van der Waals surface area contributed by atoms with Crippen LogP contribution >= 0.6 is 0 Å². The Bertz CT molecular complexity index is 873. The van der Waals surface area contributed by atoms with Gasteiger partial charge in [0.05, 0.1) is 31.8 Å². The van der Waals surface area contributed by atoms with Crippen LogP contribution in [-0.4, -0.2) is 44.2 Å². The third-order valence-electron chi connectivity index (χ3n) is 5.22. The molecule has 3 unspecified atom stereocenters. The topological polar surface area (TPSA) is 79.9 Å². The molecule has 2 amide bonds. The van der Waals surface area contributed by atoms with Crippen LogP contribution in [0.15, 0.2) is 48.5 Å². The van der Waals surface area contributed by atoms with Gasteiger partial charge in [-0.1, -0.05) is 12.1 Å². The van der Waals surface area contributed by atoms with Crippen LogP contribution in [-0.2, 0) is 14.3 Å². The summed E-state index contributed by atoms with van der Waals surface area (Å²) >= 11 is 0. The predicted octanol–water partition coefficient (Wildman–Crippen LogP) is 3.51. The molecule has 0 saturated carbocycles. The lowest BCUT2D eigenvalue weighted by Crippen LogP contribution is -2.45. The quantitative estimate of drug-likeness (QED) is 0.710. The lowest BCUT2D eigenvalue weighted by molar-refractivity contribution is -0.120. The molecule has 7 nitrogen and oxygen atoms in total. The summed E-state index contributed by atoms with van der Waals surface area (Å²) < 4.78 is 11.0. The van der Waals surface area contributed by atoms with Crippen molar-refractivity contribution in [2.45, 2.75) is 45.4 Å². The van der Waals surface area contributed by atoms with Crippen LogP contribution in [0, 0.1) is 0 Å². The molecule has 1 heterocycles. The molecule has 2 aromatic rings. The standard InChI is InChI=1S/C24H31N3O4/c1-16-14-27(15-17(2)31-16)21-9-7-20(8-10-21)26-24(29)13-23(25-18(3)28)19-5-11-22(30-4)12-6-19/h5-12,16-17,23H,13-15H2,1-4H3,(H,25,28)(H,26,29).